The molecule has 0 aliphatic carbocycles. The molecule has 0 spiro atoms. The lowest BCUT2D eigenvalue weighted by molar-refractivity contribution is 0.109. The minimum absolute atomic E-state index is 0.414. The van der Waals surface area contributed by atoms with E-state index in [9.17, 15) is 5.11 Å². The van der Waals surface area contributed by atoms with Gasteiger partial charge in [-0.05, 0) is 29.8 Å². The van der Waals surface area contributed by atoms with Crippen molar-refractivity contribution >= 4 is 0 Å². The number of hydrogen-bond donors (Lipinski definition) is 1. The van der Waals surface area contributed by atoms with Crippen molar-refractivity contribution in [3.8, 4) is 11.8 Å². The number of rotatable bonds is 8. The molecule has 0 fully saturated rings. The molecule has 120 valence electrons. The van der Waals surface area contributed by atoms with E-state index in [1.165, 1.54) is 0 Å². The van der Waals surface area contributed by atoms with Gasteiger partial charge >= 0.3 is 0 Å². The predicted octanol–water partition coefficient (Wildman–Crippen LogP) is 2.54. The number of aliphatic hydroxyl groups is 1. The van der Waals surface area contributed by atoms with Gasteiger partial charge in [0, 0.05) is 32.3 Å². The van der Waals surface area contributed by atoms with E-state index in [4.69, 9.17) is 10.00 Å². The number of nitrogens with zero attached hydrogens (tertiary/aromatic N) is 3. The van der Waals surface area contributed by atoms with E-state index < -0.39 is 6.10 Å². The summed E-state index contributed by atoms with van der Waals surface area (Å²) in [6.45, 7) is 1.63. The number of aliphatic hydroxyl groups excluding tert-OH is 1. The minimum Gasteiger partial charge on any atom is -0.497 e. The molecule has 0 saturated carbocycles. The summed E-state index contributed by atoms with van der Waals surface area (Å²) in [5.74, 6) is 0.717. The van der Waals surface area contributed by atoms with E-state index >= 15 is 0 Å². The molecule has 0 saturated heterocycles. The Labute approximate surface area is 136 Å². The predicted molar refractivity (Wildman–Crippen MR) is 87.7 cm³/mol. The first-order valence-electron chi connectivity index (χ1n) is 7.54. The van der Waals surface area contributed by atoms with Crippen LogP contribution in [0.4, 0.5) is 0 Å². The fraction of sp³-hybridized carbons (Fsp3) is 0.333. The third-order valence-electron chi connectivity index (χ3n) is 3.56. The Morgan fingerprint density at radius 2 is 2.17 bits per heavy atom. The number of nitriles is 1. The summed E-state index contributed by atoms with van der Waals surface area (Å²) < 4.78 is 5.19. The molecule has 1 N–H and O–H groups in total. The highest BCUT2D eigenvalue weighted by atomic mass is 16.5. The molecule has 0 bridgehead atoms. The van der Waals surface area contributed by atoms with Gasteiger partial charge in [-0.2, -0.15) is 5.26 Å². The van der Waals surface area contributed by atoms with Gasteiger partial charge in [-0.15, -0.1) is 0 Å². The van der Waals surface area contributed by atoms with Crippen LogP contribution in [0.1, 0.15) is 23.8 Å². The van der Waals surface area contributed by atoms with Gasteiger partial charge in [0.1, 0.15) is 5.75 Å². The lowest BCUT2D eigenvalue weighted by Gasteiger charge is -2.24. The van der Waals surface area contributed by atoms with Crippen molar-refractivity contribution in [3.05, 3.63) is 59.9 Å². The van der Waals surface area contributed by atoms with E-state index in [1.54, 1.807) is 13.3 Å². The van der Waals surface area contributed by atoms with Crippen LogP contribution >= 0.6 is 0 Å². The van der Waals surface area contributed by atoms with Crippen molar-refractivity contribution < 1.29 is 9.84 Å². The van der Waals surface area contributed by atoms with Crippen molar-refractivity contribution in [1.29, 1.82) is 5.26 Å². The second-order valence-electron chi connectivity index (χ2n) is 5.26. The molecule has 0 amide bonds. The summed E-state index contributed by atoms with van der Waals surface area (Å²) >= 11 is 0. The van der Waals surface area contributed by atoms with E-state index in [-0.39, 0.29) is 0 Å². The highest BCUT2D eigenvalue weighted by Gasteiger charge is 2.15. The normalized spacial score (nSPS) is 11.9. The number of aromatic nitrogens is 1. The van der Waals surface area contributed by atoms with Crippen molar-refractivity contribution in [3.63, 3.8) is 0 Å². The van der Waals surface area contributed by atoms with Gasteiger partial charge in [0.2, 0.25) is 0 Å². The molecule has 0 aliphatic heterocycles. The van der Waals surface area contributed by atoms with Crippen LogP contribution in [-0.4, -0.2) is 35.2 Å². The van der Waals surface area contributed by atoms with Crippen molar-refractivity contribution in [1.82, 2.24) is 9.88 Å². The Kier molecular flexibility index (Phi) is 6.55. The molecular weight excluding hydrogens is 290 g/mol. The third-order valence-corrected chi connectivity index (χ3v) is 3.56. The maximum Gasteiger partial charge on any atom is 0.119 e. The Hall–Kier alpha value is -2.42. The fourth-order valence-corrected chi connectivity index (χ4v) is 2.36. The maximum absolute atomic E-state index is 10.5. The second kappa shape index (κ2) is 8.89. The zero-order valence-electron chi connectivity index (χ0n) is 13.2. The van der Waals surface area contributed by atoms with E-state index in [0.29, 0.717) is 26.1 Å². The number of hydrogen-bond acceptors (Lipinski definition) is 5. The number of benzene rings is 1. The minimum atomic E-state index is -0.646. The Morgan fingerprint density at radius 3 is 2.87 bits per heavy atom. The van der Waals surface area contributed by atoms with Crippen LogP contribution in [0.5, 0.6) is 5.75 Å². The Bertz CT molecular complexity index is 640. The molecule has 1 unspecified atom stereocenters. The summed E-state index contributed by atoms with van der Waals surface area (Å²) in [4.78, 5) is 6.35. The molecular formula is C18H21N3O2. The van der Waals surface area contributed by atoms with E-state index in [2.05, 4.69) is 11.1 Å². The van der Waals surface area contributed by atoms with Crippen LogP contribution < -0.4 is 4.74 Å². The maximum atomic E-state index is 10.5. The summed E-state index contributed by atoms with van der Waals surface area (Å²) in [5, 5.41) is 19.3. The van der Waals surface area contributed by atoms with Crippen LogP contribution in [0, 0.1) is 11.3 Å². The van der Waals surface area contributed by atoms with Gasteiger partial charge in [0.05, 0.1) is 25.0 Å². The highest BCUT2D eigenvalue weighted by molar-refractivity contribution is 5.29. The van der Waals surface area contributed by atoms with Crippen LogP contribution in [-0.2, 0) is 6.54 Å². The van der Waals surface area contributed by atoms with Gasteiger partial charge in [0.15, 0.2) is 0 Å². The van der Waals surface area contributed by atoms with Gasteiger partial charge in [-0.25, -0.2) is 0 Å². The summed E-state index contributed by atoms with van der Waals surface area (Å²) in [7, 11) is 1.60. The SMILES string of the molecule is COc1cccc(C(O)CN(CCC#N)Cc2ccccn2)c1. The lowest BCUT2D eigenvalue weighted by atomic mass is 10.1. The van der Waals surface area contributed by atoms with Crippen LogP contribution in [0.15, 0.2) is 48.7 Å². The topological polar surface area (TPSA) is 69.4 Å². The first kappa shape index (κ1) is 16.9. The highest BCUT2D eigenvalue weighted by Crippen LogP contribution is 2.20. The Morgan fingerprint density at radius 1 is 1.30 bits per heavy atom. The number of ether oxygens (including phenoxy) is 1. The van der Waals surface area contributed by atoms with Gasteiger partial charge in [0.25, 0.3) is 0 Å². The van der Waals surface area contributed by atoms with Crippen LogP contribution in [0.25, 0.3) is 0 Å². The van der Waals surface area contributed by atoms with Gasteiger partial charge < -0.3 is 9.84 Å². The number of methoxy groups -OCH3 is 1. The summed E-state index contributed by atoms with van der Waals surface area (Å²) in [6, 6.07) is 15.3. The molecule has 5 nitrogen and oxygen atoms in total. The number of pyridine rings is 1. The van der Waals surface area contributed by atoms with Gasteiger partial charge in [-0.3, -0.25) is 9.88 Å². The third kappa shape index (κ3) is 5.37. The Balaban J connectivity index is 2.05. The smallest absolute Gasteiger partial charge is 0.119 e. The first-order valence-corrected chi connectivity index (χ1v) is 7.54. The molecule has 23 heavy (non-hydrogen) atoms. The molecule has 5 heteroatoms. The molecule has 0 aliphatic rings. The molecule has 1 aromatic heterocycles. The summed E-state index contributed by atoms with van der Waals surface area (Å²) in [6.07, 6.45) is 1.51. The van der Waals surface area contributed by atoms with Crippen LogP contribution in [0.2, 0.25) is 0 Å². The molecule has 1 aromatic carbocycles. The standard InChI is InChI=1S/C18H21N3O2/c1-23-17-8-4-6-15(12-17)18(22)14-21(11-5-9-19)13-16-7-2-3-10-20-16/h2-4,6-8,10,12,18,22H,5,11,13-14H2,1H3. The largest absolute Gasteiger partial charge is 0.497 e. The monoisotopic (exact) mass is 311 g/mol. The first-order chi connectivity index (χ1) is 11.2. The molecule has 0 radical (unpaired) electrons. The average molecular weight is 311 g/mol. The van der Waals surface area contributed by atoms with Crippen molar-refractivity contribution in [2.45, 2.75) is 19.1 Å². The fourth-order valence-electron chi connectivity index (χ4n) is 2.36. The van der Waals surface area contributed by atoms with E-state index in [1.807, 2.05) is 47.4 Å². The average Bonchev–Trinajstić information content (AvgIpc) is 2.60. The van der Waals surface area contributed by atoms with Crippen LogP contribution in [0.3, 0.4) is 0 Å². The summed E-state index contributed by atoms with van der Waals surface area (Å²) in [5.41, 5.74) is 1.72. The van der Waals surface area contributed by atoms with Crippen molar-refractivity contribution in [2.75, 3.05) is 20.2 Å². The molecule has 1 atom stereocenters. The molecule has 2 aromatic rings. The quantitative estimate of drug-likeness (QED) is 0.811. The lowest BCUT2D eigenvalue weighted by Crippen LogP contribution is -2.29. The molecule has 1 heterocycles. The van der Waals surface area contributed by atoms with Crippen molar-refractivity contribution in [2.24, 2.45) is 0 Å². The zero-order chi connectivity index (χ0) is 16.5. The second-order valence-corrected chi connectivity index (χ2v) is 5.26. The molecule has 2 rings (SSSR count). The van der Waals surface area contributed by atoms with Gasteiger partial charge in [-0.1, -0.05) is 18.2 Å². The van der Waals surface area contributed by atoms with E-state index in [0.717, 1.165) is 17.0 Å². The zero-order valence-corrected chi connectivity index (χ0v) is 13.2.